The third-order valence-electron chi connectivity index (χ3n) is 0.219. The van der Waals surface area contributed by atoms with Crippen LogP contribution in [0.5, 0.6) is 0 Å². The zero-order chi connectivity index (χ0) is 7.11. The quantitative estimate of drug-likeness (QED) is 0.264. The predicted molar refractivity (Wildman–Crippen MR) is 24.2 cm³/mol. The lowest BCUT2D eigenvalue weighted by Gasteiger charge is -1.72. The van der Waals surface area contributed by atoms with Gasteiger partial charge in [-0.25, -0.2) is 9.20 Å². The topological polar surface area (TPSA) is 116 Å². The first-order chi connectivity index (χ1) is 4.27. The molecule has 0 rings (SSSR count). The van der Waals surface area contributed by atoms with Crippen molar-refractivity contribution in [2.75, 3.05) is 0 Å². The van der Waals surface area contributed by atoms with Gasteiger partial charge in [0, 0.05) is 5.22 Å². The van der Waals surface area contributed by atoms with Crippen molar-refractivity contribution in [3.05, 3.63) is 0 Å². The van der Waals surface area contributed by atoms with Gasteiger partial charge in [0.15, 0.2) is 0 Å². The van der Waals surface area contributed by atoms with Gasteiger partial charge in [-0.1, -0.05) is 0 Å². The summed E-state index contributed by atoms with van der Waals surface area (Å²) in [6.45, 7) is 0. The van der Waals surface area contributed by atoms with E-state index in [1.54, 1.807) is 0 Å². The molecule has 0 aromatic carbocycles. The first kappa shape index (κ1) is 8.07. The highest BCUT2D eigenvalue weighted by Gasteiger charge is 1.79. The van der Waals surface area contributed by atoms with Crippen molar-refractivity contribution in [1.29, 1.82) is 0 Å². The summed E-state index contributed by atoms with van der Waals surface area (Å²) < 4.78 is 20.0. The van der Waals surface area contributed by atoms with Crippen LogP contribution in [0.15, 0.2) is 20.2 Å². The van der Waals surface area contributed by atoms with E-state index in [9.17, 15) is 4.21 Å². The van der Waals surface area contributed by atoms with Crippen LogP contribution in [0.2, 0.25) is 0 Å². The molecule has 0 spiro atoms. The molecule has 0 radical (unpaired) electrons. The van der Waals surface area contributed by atoms with Gasteiger partial charge in [0.2, 0.25) is 0 Å². The summed E-state index contributed by atoms with van der Waals surface area (Å²) in [6, 6.07) is 0. The second-order valence-corrected chi connectivity index (χ2v) is 1.28. The van der Waals surface area contributed by atoms with E-state index in [1.807, 2.05) is 0 Å². The van der Waals surface area contributed by atoms with Crippen molar-refractivity contribution < 1.29 is 19.0 Å². The SMILES string of the molecule is O=S(O)N=N/N=N/OO. The third kappa shape index (κ3) is 7.07. The number of nitrogens with zero attached hydrogens (tertiary/aromatic N) is 4. The summed E-state index contributed by atoms with van der Waals surface area (Å²) >= 11 is -2.40. The molecule has 8 nitrogen and oxygen atoms in total. The van der Waals surface area contributed by atoms with E-state index < -0.39 is 11.3 Å². The normalized spacial score (nSPS) is 14.9. The van der Waals surface area contributed by atoms with Crippen LogP contribution < -0.4 is 0 Å². The standard InChI is InChI=1S/H2N4O4S/c5-8-3-1-2-4-9(6)7/h5H,(H,6,7)/b3-1+,4-2?. The Labute approximate surface area is 51.5 Å². The van der Waals surface area contributed by atoms with Crippen molar-refractivity contribution in [1.82, 2.24) is 0 Å². The Hall–Kier alpha value is -0.930. The molecule has 9 heteroatoms. The molecule has 0 aromatic rings. The van der Waals surface area contributed by atoms with Gasteiger partial charge in [0.25, 0.3) is 0 Å². The molecule has 0 saturated carbocycles. The minimum atomic E-state index is -2.40. The fourth-order valence-electron chi connectivity index (χ4n) is 0.0802. The van der Waals surface area contributed by atoms with Gasteiger partial charge in [-0.15, -0.1) is 0 Å². The summed E-state index contributed by atoms with van der Waals surface area (Å²) in [5.41, 5.74) is 0. The van der Waals surface area contributed by atoms with Gasteiger partial charge in [0.1, 0.15) is 0 Å². The summed E-state index contributed by atoms with van der Waals surface area (Å²) in [4.78, 5) is 3.05. The van der Waals surface area contributed by atoms with E-state index in [4.69, 9.17) is 9.81 Å². The first-order valence-electron chi connectivity index (χ1n) is 1.50. The van der Waals surface area contributed by atoms with Crippen LogP contribution in [-0.4, -0.2) is 14.0 Å². The minimum Gasteiger partial charge on any atom is -0.287 e. The fraction of sp³-hybridized carbons (Fsp3) is 0. The highest BCUT2D eigenvalue weighted by atomic mass is 32.2. The van der Waals surface area contributed by atoms with Crippen LogP contribution in [0, 0.1) is 0 Å². The zero-order valence-corrected chi connectivity index (χ0v) is 4.72. The smallest absolute Gasteiger partial charge is 0.287 e. The summed E-state index contributed by atoms with van der Waals surface area (Å²) in [5.74, 6) is 0. The largest absolute Gasteiger partial charge is 0.302 e. The van der Waals surface area contributed by atoms with Crippen molar-refractivity contribution in [2.45, 2.75) is 0 Å². The lowest BCUT2D eigenvalue weighted by molar-refractivity contribution is -0.251. The van der Waals surface area contributed by atoms with Crippen LogP contribution in [0.25, 0.3) is 0 Å². The van der Waals surface area contributed by atoms with Gasteiger partial charge in [-0.3, -0.25) is 4.55 Å². The molecule has 0 aliphatic carbocycles. The Morgan fingerprint density at radius 2 is 2.11 bits per heavy atom. The van der Waals surface area contributed by atoms with Gasteiger partial charge in [0.05, 0.1) is 5.28 Å². The maximum absolute atomic E-state index is 9.61. The molecule has 0 bridgehead atoms. The van der Waals surface area contributed by atoms with E-state index in [0.29, 0.717) is 0 Å². The Balaban J connectivity index is 3.47. The van der Waals surface area contributed by atoms with Gasteiger partial charge in [-0.2, -0.15) is 5.26 Å². The van der Waals surface area contributed by atoms with Crippen LogP contribution in [-0.2, 0) is 16.3 Å². The van der Waals surface area contributed by atoms with E-state index in [-0.39, 0.29) is 0 Å². The Morgan fingerprint density at radius 1 is 1.44 bits per heavy atom. The van der Waals surface area contributed by atoms with Crippen LogP contribution >= 0.6 is 0 Å². The van der Waals surface area contributed by atoms with E-state index in [2.05, 4.69) is 25.2 Å². The average Bonchev–Trinajstić information content (AvgIpc) is 1.80. The third-order valence-corrected chi connectivity index (χ3v) is 0.432. The summed E-state index contributed by atoms with van der Waals surface area (Å²) in [6.07, 6.45) is 0. The van der Waals surface area contributed by atoms with Gasteiger partial charge < -0.3 is 0 Å². The second-order valence-electron chi connectivity index (χ2n) is 0.655. The highest BCUT2D eigenvalue weighted by Crippen LogP contribution is 1.81. The molecule has 2 N–H and O–H groups in total. The van der Waals surface area contributed by atoms with Crippen LogP contribution in [0.3, 0.4) is 0 Å². The van der Waals surface area contributed by atoms with Crippen molar-refractivity contribution >= 4 is 11.3 Å². The number of hydrogen-bond donors (Lipinski definition) is 2. The molecule has 0 aliphatic rings. The Kier molecular flexibility index (Phi) is 4.67. The van der Waals surface area contributed by atoms with Crippen molar-refractivity contribution in [2.24, 2.45) is 20.2 Å². The van der Waals surface area contributed by atoms with Crippen molar-refractivity contribution in [3.8, 4) is 0 Å². The molecule has 9 heavy (non-hydrogen) atoms. The molecule has 52 valence electrons. The number of rotatable bonds is 3. The Morgan fingerprint density at radius 3 is 2.56 bits per heavy atom. The molecule has 0 aromatic heterocycles. The summed E-state index contributed by atoms with van der Waals surface area (Å²) in [5, 5.41) is 15.0. The molecule has 0 saturated heterocycles. The molecule has 0 heterocycles. The molecule has 0 aliphatic heterocycles. The minimum absolute atomic E-state index is 2.40. The number of hydrogen-bond acceptors (Lipinski definition) is 4. The summed E-state index contributed by atoms with van der Waals surface area (Å²) in [7, 11) is 0. The molecule has 1 unspecified atom stereocenters. The second kappa shape index (κ2) is 5.21. The van der Waals surface area contributed by atoms with Gasteiger partial charge in [-0.05, 0) is 9.74 Å². The molecular weight excluding hydrogens is 152 g/mol. The molecule has 1 atom stereocenters. The monoisotopic (exact) mass is 154 g/mol. The highest BCUT2D eigenvalue weighted by molar-refractivity contribution is 7.77. The zero-order valence-electron chi connectivity index (χ0n) is 3.91. The lowest BCUT2D eigenvalue weighted by atomic mass is 12.6. The van der Waals surface area contributed by atoms with E-state index in [0.717, 1.165) is 0 Å². The fourth-order valence-corrected chi connectivity index (χ4v) is 0.175. The van der Waals surface area contributed by atoms with Crippen LogP contribution in [0.4, 0.5) is 0 Å². The van der Waals surface area contributed by atoms with Crippen molar-refractivity contribution in [3.63, 3.8) is 0 Å². The Bertz CT molecular complexity index is 140. The predicted octanol–water partition coefficient (Wildman–Crippen LogP) is 0.347. The molecule has 0 amide bonds. The molecule has 0 fully saturated rings. The van der Waals surface area contributed by atoms with Crippen LogP contribution in [0.1, 0.15) is 0 Å². The first-order valence-corrected chi connectivity index (χ1v) is 2.56. The maximum atomic E-state index is 9.61. The van der Waals surface area contributed by atoms with E-state index >= 15 is 0 Å². The molecular formula is H2N4O4S. The maximum Gasteiger partial charge on any atom is 0.302 e. The lowest BCUT2D eigenvalue weighted by Crippen LogP contribution is -1.73. The van der Waals surface area contributed by atoms with Gasteiger partial charge >= 0.3 is 11.3 Å². The average molecular weight is 154 g/mol. The van der Waals surface area contributed by atoms with E-state index in [1.165, 1.54) is 0 Å².